The zero-order valence-electron chi connectivity index (χ0n) is 11.8. The molecule has 0 aliphatic heterocycles. The van der Waals surface area contributed by atoms with E-state index < -0.39 is 12.6 Å². The number of hydrogen-bond donors (Lipinski definition) is 1. The average molecular weight is 299 g/mol. The summed E-state index contributed by atoms with van der Waals surface area (Å²) in [5.41, 5.74) is 0.583. The van der Waals surface area contributed by atoms with Crippen molar-refractivity contribution in [2.45, 2.75) is 32.4 Å². The molecule has 1 aromatic rings. The summed E-state index contributed by atoms with van der Waals surface area (Å²) in [7, 11) is 0. The minimum atomic E-state index is -2.89. The molecule has 4 nitrogen and oxygen atoms in total. The Kier molecular flexibility index (Phi) is 5.12. The van der Waals surface area contributed by atoms with Gasteiger partial charge in [0.05, 0.1) is 6.54 Å². The van der Waals surface area contributed by atoms with Gasteiger partial charge in [0.2, 0.25) is 0 Å². The van der Waals surface area contributed by atoms with Gasteiger partial charge in [0.1, 0.15) is 5.75 Å². The van der Waals surface area contributed by atoms with Crippen LogP contribution in [0.1, 0.15) is 31.4 Å². The third kappa shape index (κ3) is 4.67. The summed E-state index contributed by atoms with van der Waals surface area (Å²) in [6.07, 6.45) is 2.19. The van der Waals surface area contributed by atoms with Gasteiger partial charge in [-0.2, -0.15) is 8.78 Å². The van der Waals surface area contributed by atoms with Crippen molar-refractivity contribution in [2.75, 3.05) is 13.1 Å². The van der Waals surface area contributed by atoms with Crippen LogP contribution in [-0.4, -0.2) is 35.7 Å². The molecule has 1 saturated carbocycles. The van der Waals surface area contributed by atoms with E-state index in [4.69, 9.17) is 5.11 Å². The second-order valence-corrected chi connectivity index (χ2v) is 5.36. The van der Waals surface area contributed by atoms with Gasteiger partial charge in [-0.05, 0) is 31.7 Å². The van der Waals surface area contributed by atoms with Gasteiger partial charge in [0.25, 0.3) is 0 Å². The number of nitrogens with zero attached hydrogens (tertiary/aromatic N) is 1. The van der Waals surface area contributed by atoms with Crippen LogP contribution in [0.15, 0.2) is 24.3 Å². The monoisotopic (exact) mass is 299 g/mol. The van der Waals surface area contributed by atoms with E-state index in [9.17, 15) is 13.6 Å². The molecule has 2 rings (SSSR count). The largest absolute Gasteiger partial charge is 0.480 e. The number of alkyl halides is 2. The van der Waals surface area contributed by atoms with Gasteiger partial charge in [-0.1, -0.05) is 18.2 Å². The van der Waals surface area contributed by atoms with Crippen LogP contribution in [0.5, 0.6) is 5.75 Å². The summed E-state index contributed by atoms with van der Waals surface area (Å²) in [5.74, 6) is -0.309. The minimum Gasteiger partial charge on any atom is -0.480 e. The summed E-state index contributed by atoms with van der Waals surface area (Å²) in [5, 5.41) is 9.03. The highest BCUT2D eigenvalue weighted by Crippen LogP contribution is 2.35. The van der Waals surface area contributed by atoms with Gasteiger partial charge >= 0.3 is 12.6 Å². The van der Waals surface area contributed by atoms with Crippen LogP contribution in [0.2, 0.25) is 0 Å². The van der Waals surface area contributed by atoms with E-state index in [0.717, 1.165) is 12.8 Å². The van der Waals surface area contributed by atoms with E-state index >= 15 is 0 Å². The maximum atomic E-state index is 12.5. The normalized spacial score (nSPS) is 16.2. The van der Waals surface area contributed by atoms with Gasteiger partial charge in [-0.3, -0.25) is 9.69 Å². The molecular formula is C15H19F2NO3. The molecule has 1 unspecified atom stereocenters. The van der Waals surface area contributed by atoms with Crippen LogP contribution in [0, 0.1) is 5.92 Å². The molecule has 0 spiro atoms. The summed E-state index contributed by atoms with van der Waals surface area (Å²) < 4.78 is 29.5. The lowest BCUT2D eigenvalue weighted by Crippen LogP contribution is -2.34. The molecule has 0 bridgehead atoms. The van der Waals surface area contributed by atoms with Crippen LogP contribution in [-0.2, 0) is 4.79 Å². The van der Waals surface area contributed by atoms with Crippen LogP contribution >= 0.6 is 0 Å². The van der Waals surface area contributed by atoms with Gasteiger partial charge in [0, 0.05) is 18.2 Å². The Hall–Kier alpha value is -1.69. The number of rotatable bonds is 8. The summed E-state index contributed by atoms with van der Waals surface area (Å²) >= 11 is 0. The van der Waals surface area contributed by atoms with Gasteiger partial charge in [0.15, 0.2) is 0 Å². The highest BCUT2D eigenvalue weighted by Gasteiger charge is 2.29. The van der Waals surface area contributed by atoms with Crippen molar-refractivity contribution in [2.24, 2.45) is 5.92 Å². The molecular weight excluding hydrogens is 280 g/mol. The van der Waals surface area contributed by atoms with Gasteiger partial charge in [-0.25, -0.2) is 0 Å². The Balaban J connectivity index is 2.18. The third-order valence-electron chi connectivity index (χ3n) is 3.66. The molecule has 0 radical (unpaired) electrons. The Morgan fingerprint density at radius 2 is 2.10 bits per heavy atom. The number of aliphatic carboxylic acids is 1. The topological polar surface area (TPSA) is 49.8 Å². The fraction of sp³-hybridized carbons (Fsp3) is 0.533. The van der Waals surface area contributed by atoms with Crippen LogP contribution < -0.4 is 4.74 Å². The fourth-order valence-electron chi connectivity index (χ4n) is 2.39. The van der Waals surface area contributed by atoms with Crippen molar-refractivity contribution in [3.63, 3.8) is 0 Å². The van der Waals surface area contributed by atoms with Crippen molar-refractivity contribution < 1.29 is 23.4 Å². The van der Waals surface area contributed by atoms with E-state index in [1.54, 1.807) is 23.1 Å². The molecule has 1 aliphatic carbocycles. The molecule has 1 aliphatic rings. The molecule has 1 N–H and O–H groups in total. The molecule has 116 valence electrons. The van der Waals surface area contributed by atoms with Crippen molar-refractivity contribution in [3.05, 3.63) is 29.8 Å². The first-order valence-corrected chi connectivity index (χ1v) is 6.97. The average Bonchev–Trinajstić information content (AvgIpc) is 3.20. The smallest absolute Gasteiger partial charge is 0.387 e. The third-order valence-corrected chi connectivity index (χ3v) is 3.66. The van der Waals surface area contributed by atoms with Gasteiger partial charge in [-0.15, -0.1) is 0 Å². The maximum absolute atomic E-state index is 12.5. The fourth-order valence-corrected chi connectivity index (χ4v) is 2.39. The molecule has 0 heterocycles. The minimum absolute atomic E-state index is 0.103. The predicted molar refractivity (Wildman–Crippen MR) is 73.4 cm³/mol. The molecule has 21 heavy (non-hydrogen) atoms. The van der Waals surface area contributed by atoms with E-state index in [-0.39, 0.29) is 18.3 Å². The predicted octanol–water partition coefficient (Wildman–Crippen LogP) is 3.15. The zero-order valence-corrected chi connectivity index (χ0v) is 11.8. The van der Waals surface area contributed by atoms with Crippen molar-refractivity contribution in [1.82, 2.24) is 4.90 Å². The number of carboxylic acids is 1. The Labute approximate surface area is 122 Å². The van der Waals surface area contributed by atoms with Crippen molar-refractivity contribution >= 4 is 5.97 Å². The SMILES string of the molecule is CC(c1ccccc1OC(F)F)N(CC(=O)O)CC1CC1. The standard InChI is InChI=1S/C15H19F2NO3/c1-10(18(9-14(19)20)8-11-6-7-11)12-4-2-3-5-13(12)21-15(16)17/h2-5,10-11,15H,6-9H2,1H3,(H,19,20). The first kappa shape index (κ1) is 15.7. The van der Waals surface area contributed by atoms with Crippen molar-refractivity contribution in [1.29, 1.82) is 0 Å². The van der Waals surface area contributed by atoms with E-state index in [2.05, 4.69) is 4.74 Å². The quantitative estimate of drug-likeness (QED) is 0.801. The number of halogens is 2. The van der Waals surface area contributed by atoms with Crippen LogP contribution in [0.3, 0.4) is 0 Å². The van der Waals surface area contributed by atoms with E-state index in [1.165, 1.54) is 6.07 Å². The molecule has 0 amide bonds. The maximum Gasteiger partial charge on any atom is 0.387 e. The first-order chi connectivity index (χ1) is 9.97. The first-order valence-electron chi connectivity index (χ1n) is 6.97. The van der Waals surface area contributed by atoms with E-state index in [0.29, 0.717) is 18.0 Å². The lowest BCUT2D eigenvalue weighted by Gasteiger charge is -2.29. The number of para-hydroxylation sites is 1. The number of carboxylic acid groups (broad SMARTS) is 1. The van der Waals surface area contributed by atoms with E-state index in [1.807, 2.05) is 6.92 Å². The highest BCUT2D eigenvalue weighted by atomic mass is 19.3. The second kappa shape index (κ2) is 6.85. The Bertz CT molecular complexity index is 492. The Morgan fingerprint density at radius 1 is 1.43 bits per heavy atom. The molecule has 1 fully saturated rings. The Morgan fingerprint density at radius 3 is 2.67 bits per heavy atom. The second-order valence-electron chi connectivity index (χ2n) is 5.36. The summed E-state index contributed by atoms with van der Waals surface area (Å²) in [4.78, 5) is 12.8. The van der Waals surface area contributed by atoms with Crippen LogP contribution in [0.25, 0.3) is 0 Å². The van der Waals surface area contributed by atoms with Gasteiger partial charge < -0.3 is 9.84 Å². The summed E-state index contributed by atoms with van der Waals surface area (Å²) in [6, 6.07) is 6.24. The highest BCUT2D eigenvalue weighted by molar-refractivity contribution is 5.69. The number of benzene rings is 1. The lowest BCUT2D eigenvalue weighted by molar-refractivity contribution is -0.139. The molecule has 1 atom stereocenters. The molecule has 1 aromatic carbocycles. The summed E-state index contributed by atoms with van der Waals surface area (Å²) in [6.45, 7) is -0.523. The molecule has 6 heteroatoms. The number of carbonyl (C=O) groups is 1. The zero-order chi connectivity index (χ0) is 15.4. The van der Waals surface area contributed by atoms with Crippen molar-refractivity contribution in [3.8, 4) is 5.75 Å². The van der Waals surface area contributed by atoms with Crippen LogP contribution in [0.4, 0.5) is 8.78 Å². The lowest BCUT2D eigenvalue weighted by atomic mass is 10.1. The molecule has 0 aromatic heterocycles. The number of hydrogen-bond acceptors (Lipinski definition) is 3. The number of ether oxygens (including phenoxy) is 1. The molecule has 0 saturated heterocycles.